The third-order valence-corrected chi connectivity index (χ3v) is 2.87. The monoisotopic (exact) mass is 294 g/mol. The summed E-state index contributed by atoms with van der Waals surface area (Å²) in [7, 11) is 2.80. The summed E-state index contributed by atoms with van der Waals surface area (Å²) in [5, 5.41) is 11.4. The molecule has 7 nitrogen and oxygen atoms in total. The van der Waals surface area contributed by atoms with Crippen molar-refractivity contribution in [3.63, 3.8) is 0 Å². The number of rotatable bonds is 5. The number of carbonyl (C=O) groups is 3. The molecule has 21 heavy (non-hydrogen) atoms. The first-order chi connectivity index (χ1) is 9.85. The minimum Gasteiger partial charge on any atom is -0.481 e. The van der Waals surface area contributed by atoms with Crippen molar-refractivity contribution < 1.29 is 24.2 Å². The SMILES string of the molecule is COC(=O)c1ccc(NC(=O)N(C)CC(C)C(=O)O)cc1. The number of ether oxygens (including phenoxy) is 1. The van der Waals surface area contributed by atoms with Crippen molar-refractivity contribution in [1.82, 2.24) is 4.90 Å². The van der Waals surface area contributed by atoms with Crippen LogP contribution in [-0.4, -0.2) is 48.7 Å². The lowest BCUT2D eigenvalue weighted by atomic mass is 10.2. The molecule has 0 saturated carbocycles. The van der Waals surface area contributed by atoms with Gasteiger partial charge >= 0.3 is 18.0 Å². The lowest BCUT2D eigenvalue weighted by Gasteiger charge is -2.20. The second-order valence-corrected chi connectivity index (χ2v) is 4.62. The number of aliphatic carboxylic acids is 1. The number of methoxy groups -OCH3 is 1. The van der Waals surface area contributed by atoms with Gasteiger partial charge in [-0.05, 0) is 24.3 Å². The number of carboxylic acids is 1. The molecule has 114 valence electrons. The van der Waals surface area contributed by atoms with Gasteiger partial charge in [-0.15, -0.1) is 0 Å². The average Bonchev–Trinajstić information content (AvgIpc) is 2.46. The van der Waals surface area contributed by atoms with Crippen LogP contribution in [0, 0.1) is 5.92 Å². The van der Waals surface area contributed by atoms with Gasteiger partial charge < -0.3 is 20.1 Å². The summed E-state index contributed by atoms with van der Waals surface area (Å²) in [6.45, 7) is 1.62. The Bertz CT molecular complexity index is 527. The highest BCUT2D eigenvalue weighted by atomic mass is 16.5. The van der Waals surface area contributed by atoms with Gasteiger partial charge in [0.2, 0.25) is 0 Å². The van der Waals surface area contributed by atoms with E-state index >= 15 is 0 Å². The number of anilines is 1. The zero-order valence-corrected chi connectivity index (χ0v) is 12.1. The zero-order chi connectivity index (χ0) is 16.0. The Morgan fingerprint density at radius 1 is 1.29 bits per heavy atom. The summed E-state index contributed by atoms with van der Waals surface area (Å²) >= 11 is 0. The molecule has 1 unspecified atom stereocenters. The fourth-order valence-corrected chi connectivity index (χ4v) is 1.60. The lowest BCUT2D eigenvalue weighted by molar-refractivity contribution is -0.141. The maximum atomic E-state index is 11.9. The molecular weight excluding hydrogens is 276 g/mol. The van der Waals surface area contributed by atoms with Crippen molar-refractivity contribution in [2.75, 3.05) is 26.0 Å². The Balaban J connectivity index is 2.62. The number of hydrogen-bond acceptors (Lipinski definition) is 4. The van der Waals surface area contributed by atoms with Crippen LogP contribution >= 0.6 is 0 Å². The molecule has 0 saturated heterocycles. The number of nitrogens with zero attached hydrogens (tertiary/aromatic N) is 1. The van der Waals surface area contributed by atoms with Crippen LogP contribution in [0.15, 0.2) is 24.3 Å². The largest absolute Gasteiger partial charge is 0.481 e. The molecular formula is C14H18N2O5. The van der Waals surface area contributed by atoms with Crippen molar-refractivity contribution in [1.29, 1.82) is 0 Å². The number of carbonyl (C=O) groups excluding carboxylic acids is 2. The molecule has 0 aromatic heterocycles. The molecule has 1 rings (SSSR count). The van der Waals surface area contributed by atoms with E-state index in [0.29, 0.717) is 11.3 Å². The molecule has 0 fully saturated rings. The van der Waals surface area contributed by atoms with Crippen molar-refractivity contribution in [2.24, 2.45) is 5.92 Å². The zero-order valence-electron chi connectivity index (χ0n) is 12.1. The molecule has 0 heterocycles. The molecule has 1 aromatic rings. The van der Waals surface area contributed by atoms with Gasteiger partial charge in [-0.3, -0.25) is 4.79 Å². The van der Waals surface area contributed by atoms with Gasteiger partial charge in [0.15, 0.2) is 0 Å². The fourth-order valence-electron chi connectivity index (χ4n) is 1.60. The van der Waals surface area contributed by atoms with E-state index in [1.54, 1.807) is 12.1 Å². The van der Waals surface area contributed by atoms with Crippen molar-refractivity contribution >= 4 is 23.7 Å². The second kappa shape index (κ2) is 7.28. The first-order valence-electron chi connectivity index (χ1n) is 6.28. The van der Waals surface area contributed by atoms with E-state index in [1.165, 1.54) is 38.1 Å². The predicted octanol–water partition coefficient (Wildman–Crippen LogP) is 1.66. The summed E-state index contributed by atoms with van der Waals surface area (Å²) in [4.78, 5) is 35.2. The Labute approximate surface area is 122 Å². The molecule has 0 radical (unpaired) electrons. The van der Waals surface area contributed by atoms with E-state index in [2.05, 4.69) is 10.1 Å². The van der Waals surface area contributed by atoms with Crippen LogP contribution in [-0.2, 0) is 9.53 Å². The Morgan fingerprint density at radius 2 is 1.86 bits per heavy atom. The number of carboxylic acid groups (broad SMARTS) is 1. The van der Waals surface area contributed by atoms with E-state index in [1.807, 2.05) is 0 Å². The van der Waals surface area contributed by atoms with E-state index in [9.17, 15) is 14.4 Å². The average molecular weight is 294 g/mol. The maximum Gasteiger partial charge on any atom is 0.337 e. The van der Waals surface area contributed by atoms with E-state index in [4.69, 9.17) is 5.11 Å². The Hall–Kier alpha value is -2.57. The molecule has 0 aliphatic heterocycles. The van der Waals surface area contributed by atoms with E-state index in [0.717, 1.165) is 0 Å². The third-order valence-electron chi connectivity index (χ3n) is 2.87. The summed E-state index contributed by atoms with van der Waals surface area (Å²) in [5.74, 6) is -2.07. The van der Waals surface area contributed by atoms with Crippen molar-refractivity contribution in [2.45, 2.75) is 6.92 Å². The van der Waals surface area contributed by atoms with Crippen LogP contribution < -0.4 is 5.32 Å². The number of amides is 2. The minimum absolute atomic E-state index is 0.0986. The number of nitrogens with one attached hydrogen (secondary N) is 1. The standard InChI is InChI=1S/C14H18N2O5/c1-9(12(17)18)8-16(2)14(20)15-11-6-4-10(5-7-11)13(19)21-3/h4-7,9H,8H2,1-3H3,(H,15,20)(H,17,18). The highest BCUT2D eigenvalue weighted by Gasteiger charge is 2.17. The number of esters is 1. The van der Waals surface area contributed by atoms with Crippen LogP contribution in [0.2, 0.25) is 0 Å². The van der Waals surface area contributed by atoms with Crippen LogP contribution in [0.1, 0.15) is 17.3 Å². The van der Waals surface area contributed by atoms with E-state index in [-0.39, 0.29) is 6.54 Å². The predicted molar refractivity (Wildman–Crippen MR) is 76.2 cm³/mol. The fraction of sp³-hybridized carbons (Fsp3) is 0.357. The summed E-state index contributed by atoms with van der Waals surface area (Å²) in [5.41, 5.74) is 0.880. The van der Waals surface area contributed by atoms with Gasteiger partial charge in [0.05, 0.1) is 18.6 Å². The van der Waals surface area contributed by atoms with E-state index < -0.39 is 23.9 Å². The van der Waals surface area contributed by atoms with Gasteiger partial charge in [-0.25, -0.2) is 9.59 Å². The van der Waals surface area contributed by atoms with Gasteiger partial charge in [-0.1, -0.05) is 6.92 Å². The Kier molecular flexibility index (Phi) is 5.71. The van der Waals surface area contributed by atoms with Crippen molar-refractivity contribution in [3.8, 4) is 0 Å². The van der Waals surface area contributed by atoms with Crippen LogP contribution in [0.5, 0.6) is 0 Å². The molecule has 0 bridgehead atoms. The molecule has 2 N–H and O–H groups in total. The number of benzene rings is 1. The van der Waals surface area contributed by atoms with Crippen molar-refractivity contribution in [3.05, 3.63) is 29.8 Å². The summed E-state index contributed by atoms with van der Waals surface area (Å²) < 4.78 is 4.57. The quantitative estimate of drug-likeness (QED) is 0.805. The third kappa shape index (κ3) is 4.79. The van der Waals surface area contributed by atoms with Crippen LogP contribution in [0.3, 0.4) is 0 Å². The molecule has 0 spiro atoms. The van der Waals surface area contributed by atoms with Crippen LogP contribution in [0.25, 0.3) is 0 Å². The summed E-state index contributed by atoms with van der Waals surface area (Å²) in [6, 6.07) is 5.77. The van der Waals surface area contributed by atoms with Gasteiger partial charge in [0, 0.05) is 19.3 Å². The lowest BCUT2D eigenvalue weighted by Crippen LogP contribution is -2.36. The molecule has 0 aliphatic carbocycles. The minimum atomic E-state index is -0.961. The molecule has 2 amide bonds. The highest BCUT2D eigenvalue weighted by molar-refractivity contribution is 5.92. The number of urea groups is 1. The highest BCUT2D eigenvalue weighted by Crippen LogP contribution is 2.11. The van der Waals surface area contributed by atoms with Gasteiger partial charge in [0.25, 0.3) is 0 Å². The van der Waals surface area contributed by atoms with Gasteiger partial charge in [0.1, 0.15) is 0 Å². The first-order valence-corrected chi connectivity index (χ1v) is 6.28. The molecule has 0 aliphatic rings. The number of hydrogen-bond donors (Lipinski definition) is 2. The normalized spacial score (nSPS) is 11.4. The van der Waals surface area contributed by atoms with Gasteiger partial charge in [-0.2, -0.15) is 0 Å². The second-order valence-electron chi connectivity index (χ2n) is 4.62. The molecule has 1 atom stereocenters. The van der Waals surface area contributed by atoms with Crippen LogP contribution in [0.4, 0.5) is 10.5 Å². The smallest absolute Gasteiger partial charge is 0.337 e. The topological polar surface area (TPSA) is 95.9 Å². The molecule has 1 aromatic carbocycles. The maximum absolute atomic E-state index is 11.9. The summed E-state index contributed by atoms with van der Waals surface area (Å²) in [6.07, 6.45) is 0. The Morgan fingerprint density at radius 3 is 2.33 bits per heavy atom. The molecule has 7 heteroatoms. The first kappa shape index (κ1) is 16.5.